The van der Waals surface area contributed by atoms with Gasteiger partial charge in [-0.2, -0.15) is 0 Å². The predicted molar refractivity (Wildman–Crippen MR) is 181 cm³/mol. The molecule has 0 spiro atoms. The van der Waals surface area contributed by atoms with Gasteiger partial charge in [-0.05, 0) is 79.6 Å². The van der Waals surface area contributed by atoms with Crippen LogP contribution in [-0.4, -0.2) is 86.1 Å². The Hall–Kier alpha value is -4.65. The van der Waals surface area contributed by atoms with Crippen LogP contribution in [0.25, 0.3) is 0 Å². The Bertz CT molecular complexity index is 1360. The van der Waals surface area contributed by atoms with Crippen LogP contribution in [0.2, 0.25) is 0 Å². The zero-order valence-electron chi connectivity index (χ0n) is 27.1. The van der Waals surface area contributed by atoms with Crippen LogP contribution >= 0.6 is 0 Å². The second-order valence-corrected chi connectivity index (χ2v) is 11.0. The summed E-state index contributed by atoms with van der Waals surface area (Å²) in [6.07, 6.45) is 0.339. The van der Waals surface area contributed by atoms with Crippen LogP contribution in [0.5, 0.6) is 0 Å². The number of hydrogen-bond donors (Lipinski definition) is 5. The average Bonchev–Trinajstić information content (AvgIpc) is 3.06. The topological polar surface area (TPSA) is 159 Å². The molecule has 3 amide bonds. The van der Waals surface area contributed by atoms with E-state index in [-0.39, 0.29) is 39.0 Å². The first-order valence-electron chi connectivity index (χ1n) is 15.8. The van der Waals surface area contributed by atoms with E-state index in [1.165, 1.54) is 0 Å². The third-order valence-electron chi connectivity index (χ3n) is 7.37. The smallest absolute Gasteiger partial charge is 0.411 e. The first-order valence-corrected chi connectivity index (χ1v) is 15.8. The minimum absolute atomic E-state index is 0.0357. The van der Waals surface area contributed by atoms with Crippen LogP contribution in [0.15, 0.2) is 72.8 Å². The van der Waals surface area contributed by atoms with Gasteiger partial charge in [0.05, 0.1) is 26.4 Å². The number of amides is 3. The summed E-state index contributed by atoms with van der Waals surface area (Å²) in [5, 5.41) is 26.2. The number of ether oxygens (including phenoxy) is 3. The molecule has 3 rings (SSSR count). The molecule has 3 aromatic carbocycles. The summed E-state index contributed by atoms with van der Waals surface area (Å²) in [4.78, 5) is 38.3. The molecule has 47 heavy (non-hydrogen) atoms. The molecule has 5 N–H and O–H groups in total. The van der Waals surface area contributed by atoms with E-state index in [0.717, 1.165) is 23.1 Å². The maximum atomic E-state index is 12.3. The summed E-state index contributed by atoms with van der Waals surface area (Å²) in [5.74, 6) is 0.0571. The van der Waals surface area contributed by atoms with Crippen LogP contribution in [0.4, 0.5) is 31.4 Å². The van der Waals surface area contributed by atoms with E-state index in [1.807, 2.05) is 62.4 Å². The highest BCUT2D eigenvalue weighted by atomic mass is 16.6. The first-order chi connectivity index (χ1) is 22.8. The quantitative estimate of drug-likeness (QED) is 0.110. The van der Waals surface area contributed by atoms with Gasteiger partial charge in [0.15, 0.2) is 0 Å². The number of rotatable bonds is 18. The lowest BCUT2D eigenvalue weighted by Crippen LogP contribution is -2.33. The standard InChI is InChI=1S/C35H46N4O8/c1-3-27(25-47-35(44)38-30-10-4-26(2)5-11-30)16-22-45-33(42)36-31-12-6-28(7-13-31)24-29-8-14-32(15-9-29)37-34(43)46-23-19-39(17-20-40)18-21-41/h4-15,27,40-41H,3,16-25H2,1-2H3,(H,36,42)(H,37,43)(H,38,44). The average molecular weight is 651 g/mol. The number of anilines is 3. The van der Waals surface area contributed by atoms with Gasteiger partial charge >= 0.3 is 18.3 Å². The SMILES string of the molecule is CCC(CCOC(=O)Nc1ccc(Cc2ccc(NC(=O)OCCN(CCO)CCO)cc2)cc1)COC(=O)Nc1ccc(C)cc1. The minimum atomic E-state index is -0.579. The summed E-state index contributed by atoms with van der Waals surface area (Å²) in [6, 6.07) is 22.3. The Labute approximate surface area is 276 Å². The summed E-state index contributed by atoms with van der Waals surface area (Å²) >= 11 is 0. The number of hydrogen-bond acceptors (Lipinski definition) is 9. The fraction of sp³-hybridized carbons (Fsp3) is 0.400. The molecule has 254 valence electrons. The van der Waals surface area contributed by atoms with Gasteiger partial charge in [-0.3, -0.25) is 20.9 Å². The number of benzene rings is 3. The fourth-order valence-electron chi connectivity index (χ4n) is 4.55. The molecule has 12 heteroatoms. The van der Waals surface area contributed by atoms with Crippen LogP contribution < -0.4 is 16.0 Å². The Kier molecular flexibility index (Phi) is 16.0. The van der Waals surface area contributed by atoms with Gasteiger partial charge in [-0.1, -0.05) is 48.9 Å². The molecule has 0 radical (unpaired) electrons. The van der Waals surface area contributed by atoms with Gasteiger partial charge in [-0.15, -0.1) is 0 Å². The number of nitrogens with zero attached hydrogens (tertiary/aromatic N) is 1. The molecule has 0 aliphatic heterocycles. The monoisotopic (exact) mass is 650 g/mol. The van der Waals surface area contributed by atoms with Gasteiger partial charge in [0.2, 0.25) is 0 Å². The molecule has 12 nitrogen and oxygen atoms in total. The second kappa shape index (κ2) is 20.5. The molecular formula is C35H46N4O8. The van der Waals surface area contributed by atoms with Crippen LogP contribution in [0.3, 0.4) is 0 Å². The molecular weight excluding hydrogens is 604 g/mol. The van der Waals surface area contributed by atoms with Gasteiger partial charge < -0.3 is 24.4 Å². The number of aliphatic hydroxyl groups is 2. The van der Waals surface area contributed by atoms with Crippen molar-refractivity contribution in [1.29, 1.82) is 0 Å². The van der Waals surface area contributed by atoms with Crippen molar-refractivity contribution < 1.29 is 38.8 Å². The van der Waals surface area contributed by atoms with Crippen molar-refractivity contribution in [3.8, 4) is 0 Å². The normalized spacial score (nSPS) is 11.4. The zero-order valence-corrected chi connectivity index (χ0v) is 27.1. The fourth-order valence-corrected chi connectivity index (χ4v) is 4.55. The lowest BCUT2D eigenvalue weighted by molar-refractivity contribution is 0.117. The van der Waals surface area contributed by atoms with Crippen molar-refractivity contribution in [2.24, 2.45) is 5.92 Å². The molecule has 1 unspecified atom stereocenters. The minimum Gasteiger partial charge on any atom is -0.449 e. The van der Waals surface area contributed by atoms with Crippen molar-refractivity contribution in [3.05, 3.63) is 89.5 Å². The molecule has 0 aromatic heterocycles. The van der Waals surface area contributed by atoms with Gasteiger partial charge in [-0.25, -0.2) is 14.4 Å². The molecule has 3 aromatic rings. The molecule has 0 heterocycles. The first kappa shape index (κ1) is 36.8. The molecule has 0 bridgehead atoms. The second-order valence-electron chi connectivity index (χ2n) is 11.0. The molecule has 1 atom stereocenters. The Morgan fingerprint density at radius 2 is 1.11 bits per heavy atom. The van der Waals surface area contributed by atoms with Gasteiger partial charge in [0.1, 0.15) is 6.61 Å². The number of aryl methyl sites for hydroxylation is 1. The van der Waals surface area contributed by atoms with Gasteiger partial charge in [0.25, 0.3) is 0 Å². The van der Waals surface area contributed by atoms with Crippen LogP contribution in [0.1, 0.15) is 36.5 Å². The van der Waals surface area contributed by atoms with Crippen molar-refractivity contribution >= 4 is 35.3 Å². The Morgan fingerprint density at radius 3 is 1.57 bits per heavy atom. The van der Waals surface area contributed by atoms with Crippen molar-refractivity contribution in [1.82, 2.24) is 4.90 Å². The highest BCUT2D eigenvalue weighted by Crippen LogP contribution is 2.17. The largest absolute Gasteiger partial charge is 0.449 e. The van der Waals surface area contributed by atoms with E-state index in [1.54, 1.807) is 29.2 Å². The number of carbonyl (C=O) groups is 3. The maximum absolute atomic E-state index is 12.3. The highest BCUT2D eigenvalue weighted by Gasteiger charge is 2.13. The van der Waals surface area contributed by atoms with Crippen LogP contribution in [-0.2, 0) is 20.6 Å². The maximum Gasteiger partial charge on any atom is 0.411 e. The van der Waals surface area contributed by atoms with E-state index in [4.69, 9.17) is 24.4 Å². The van der Waals surface area contributed by atoms with E-state index in [9.17, 15) is 14.4 Å². The number of nitrogens with one attached hydrogen (secondary N) is 3. The number of aliphatic hydroxyl groups excluding tert-OH is 2. The predicted octanol–water partition coefficient (Wildman–Crippen LogP) is 5.63. The third kappa shape index (κ3) is 14.5. The van der Waals surface area contributed by atoms with Crippen LogP contribution in [0, 0.1) is 12.8 Å². The highest BCUT2D eigenvalue weighted by molar-refractivity contribution is 5.85. The molecule has 0 aliphatic carbocycles. The third-order valence-corrected chi connectivity index (χ3v) is 7.37. The summed E-state index contributed by atoms with van der Waals surface area (Å²) < 4.78 is 15.9. The molecule has 0 aliphatic rings. The van der Waals surface area contributed by atoms with E-state index < -0.39 is 18.3 Å². The molecule has 0 saturated carbocycles. The summed E-state index contributed by atoms with van der Waals surface area (Å²) in [7, 11) is 0. The van der Waals surface area contributed by atoms with E-state index in [0.29, 0.717) is 49.5 Å². The Morgan fingerprint density at radius 1 is 0.660 bits per heavy atom. The van der Waals surface area contributed by atoms with Gasteiger partial charge in [0, 0.05) is 36.7 Å². The lowest BCUT2D eigenvalue weighted by atomic mass is 10.0. The van der Waals surface area contributed by atoms with Crippen molar-refractivity contribution in [2.45, 2.75) is 33.1 Å². The van der Waals surface area contributed by atoms with E-state index in [2.05, 4.69) is 16.0 Å². The van der Waals surface area contributed by atoms with E-state index >= 15 is 0 Å². The lowest BCUT2D eigenvalue weighted by Gasteiger charge is -2.19. The molecule has 0 saturated heterocycles. The van der Waals surface area contributed by atoms with Crippen molar-refractivity contribution in [3.63, 3.8) is 0 Å². The summed E-state index contributed by atoms with van der Waals surface area (Å²) in [6.45, 7) is 5.67. The molecule has 0 fully saturated rings. The Balaban J connectivity index is 1.33. The van der Waals surface area contributed by atoms with Crippen molar-refractivity contribution in [2.75, 3.05) is 68.6 Å². The zero-order chi connectivity index (χ0) is 33.9. The summed E-state index contributed by atoms with van der Waals surface area (Å²) in [5.41, 5.74) is 5.05. The number of carbonyl (C=O) groups excluding carboxylic acids is 3.